The van der Waals surface area contributed by atoms with Gasteiger partial charge in [-0.3, -0.25) is 9.78 Å². The van der Waals surface area contributed by atoms with E-state index in [9.17, 15) is 23.2 Å². The van der Waals surface area contributed by atoms with Crippen LogP contribution in [0.4, 0.5) is 13.2 Å². The second kappa shape index (κ2) is 7.31. The average Bonchev–Trinajstić information content (AvgIpc) is 2.53. The van der Waals surface area contributed by atoms with E-state index in [1.807, 2.05) is 0 Å². The van der Waals surface area contributed by atoms with Gasteiger partial charge in [-0.25, -0.2) is 0 Å². The number of carbonyl (C=O) groups excluding carboxylic acids is 1. The van der Waals surface area contributed by atoms with E-state index in [4.69, 9.17) is 34.8 Å². The highest BCUT2D eigenvalue weighted by Crippen LogP contribution is 2.34. The SMILES string of the molecule is CC(C#N)(NC(=O)c1c(Cl)cccc1Cl)c1ncc(C(F)(F)F)cc1Cl. The van der Waals surface area contributed by atoms with Crippen LogP contribution in [0, 0.1) is 11.3 Å². The number of hydrogen-bond acceptors (Lipinski definition) is 3. The van der Waals surface area contributed by atoms with Gasteiger partial charge in [-0.05, 0) is 25.1 Å². The standard InChI is InChI=1S/C16H9Cl3F3N3O/c1-15(7-23,13-11(19)5-8(6-24-13)16(20,21)22)25-14(26)12-9(17)3-2-4-10(12)18/h2-6H,1H3,(H,25,26). The molecule has 136 valence electrons. The van der Waals surface area contributed by atoms with Crippen molar-refractivity contribution >= 4 is 40.7 Å². The first-order valence-electron chi connectivity index (χ1n) is 6.90. The molecule has 1 unspecified atom stereocenters. The number of nitriles is 1. The summed E-state index contributed by atoms with van der Waals surface area (Å²) < 4.78 is 38.2. The van der Waals surface area contributed by atoms with E-state index in [2.05, 4.69) is 10.3 Å². The molecule has 0 fully saturated rings. The number of halogens is 6. The molecule has 0 aliphatic carbocycles. The van der Waals surface area contributed by atoms with E-state index in [0.29, 0.717) is 12.3 Å². The van der Waals surface area contributed by atoms with Gasteiger partial charge in [0.25, 0.3) is 5.91 Å². The fourth-order valence-electron chi connectivity index (χ4n) is 2.11. The Balaban J connectivity index is 2.43. The first-order chi connectivity index (χ1) is 12.0. The Kier molecular flexibility index (Phi) is 5.71. The molecule has 0 aliphatic rings. The maximum atomic E-state index is 12.7. The predicted molar refractivity (Wildman–Crippen MR) is 91.1 cm³/mol. The summed E-state index contributed by atoms with van der Waals surface area (Å²) in [6.45, 7) is 1.25. The molecule has 1 amide bonds. The van der Waals surface area contributed by atoms with E-state index in [1.165, 1.54) is 25.1 Å². The highest BCUT2D eigenvalue weighted by molar-refractivity contribution is 6.39. The molecule has 0 spiro atoms. The monoisotopic (exact) mass is 421 g/mol. The summed E-state index contributed by atoms with van der Waals surface area (Å²) >= 11 is 17.8. The van der Waals surface area contributed by atoms with Crippen molar-refractivity contribution in [3.63, 3.8) is 0 Å². The molecule has 0 aliphatic heterocycles. The summed E-state index contributed by atoms with van der Waals surface area (Å²) in [6, 6.07) is 6.80. The van der Waals surface area contributed by atoms with E-state index in [-0.39, 0.29) is 21.3 Å². The van der Waals surface area contributed by atoms with Gasteiger partial charge in [-0.1, -0.05) is 40.9 Å². The predicted octanol–water partition coefficient (Wildman–Crippen LogP) is 5.23. The Morgan fingerprint density at radius 1 is 1.19 bits per heavy atom. The normalized spacial score (nSPS) is 13.6. The largest absolute Gasteiger partial charge is 0.417 e. The van der Waals surface area contributed by atoms with Gasteiger partial charge in [0.05, 0.1) is 38.0 Å². The van der Waals surface area contributed by atoms with Crippen molar-refractivity contribution in [3.8, 4) is 6.07 Å². The number of hydrogen-bond donors (Lipinski definition) is 1. The Morgan fingerprint density at radius 2 is 1.77 bits per heavy atom. The molecule has 1 atom stereocenters. The van der Waals surface area contributed by atoms with E-state index in [1.54, 1.807) is 6.07 Å². The van der Waals surface area contributed by atoms with Crippen LogP contribution in [-0.2, 0) is 11.7 Å². The van der Waals surface area contributed by atoms with Crippen molar-refractivity contribution in [3.05, 3.63) is 62.4 Å². The summed E-state index contributed by atoms with van der Waals surface area (Å²) in [4.78, 5) is 16.1. The molecular weight excluding hydrogens is 414 g/mol. The van der Waals surface area contributed by atoms with Crippen molar-refractivity contribution < 1.29 is 18.0 Å². The van der Waals surface area contributed by atoms with Gasteiger partial charge in [0, 0.05) is 6.20 Å². The van der Waals surface area contributed by atoms with Crippen LogP contribution in [0.3, 0.4) is 0 Å². The molecule has 4 nitrogen and oxygen atoms in total. The minimum absolute atomic E-state index is 0.0433. The first kappa shape index (κ1) is 20.3. The Labute approximate surface area is 161 Å². The van der Waals surface area contributed by atoms with Gasteiger partial charge in [-0.2, -0.15) is 18.4 Å². The summed E-state index contributed by atoms with van der Waals surface area (Å²) in [5, 5.41) is 11.5. The Bertz CT molecular complexity index is 892. The number of nitrogens with one attached hydrogen (secondary N) is 1. The highest BCUT2D eigenvalue weighted by Gasteiger charge is 2.37. The zero-order valence-corrected chi connectivity index (χ0v) is 15.2. The fourth-order valence-corrected chi connectivity index (χ4v) is 3.03. The average molecular weight is 423 g/mol. The third-order valence-corrected chi connectivity index (χ3v) is 4.34. The number of nitrogens with zero attached hydrogens (tertiary/aromatic N) is 2. The number of rotatable bonds is 3. The van der Waals surface area contributed by atoms with Crippen molar-refractivity contribution in [1.82, 2.24) is 10.3 Å². The van der Waals surface area contributed by atoms with Crippen LogP contribution in [0.15, 0.2) is 30.5 Å². The maximum Gasteiger partial charge on any atom is 0.417 e. The second-order valence-electron chi connectivity index (χ2n) is 5.34. The lowest BCUT2D eigenvalue weighted by Crippen LogP contribution is -2.43. The Morgan fingerprint density at radius 3 is 2.23 bits per heavy atom. The molecular formula is C16H9Cl3F3N3O. The molecule has 1 N–H and O–H groups in total. The Hall–Kier alpha value is -2.01. The van der Waals surface area contributed by atoms with Gasteiger partial charge in [0.15, 0.2) is 5.54 Å². The van der Waals surface area contributed by atoms with Crippen LogP contribution < -0.4 is 5.32 Å². The van der Waals surface area contributed by atoms with E-state index in [0.717, 1.165) is 0 Å². The molecule has 0 bridgehead atoms. The molecule has 1 aromatic carbocycles. The molecule has 26 heavy (non-hydrogen) atoms. The second-order valence-corrected chi connectivity index (χ2v) is 6.56. The zero-order valence-electron chi connectivity index (χ0n) is 13.0. The van der Waals surface area contributed by atoms with Crippen molar-refractivity contribution in [2.45, 2.75) is 18.6 Å². The highest BCUT2D eigenvalue weighted by atomic mass is 35.5. The van der Waals surface area contributed by atoms with E-state index < -0.39 is 28.2 Å². The molecule has 10 heteroatoms. The van der Waals surface area contributed by atoms with Crippen LogP contribution in [-0.4, -0.2) is 10.9 Å². The number of alkyl halides is 3. The lowest BCUT2D eigenvalue weighted by Gasteiger charge is -2.24. The molecule has 0 saturated carbocycles. The van der Waals surface area contributed by atoms with Gasteiger partial charge in [0.2, 0.25) is 0 Å². The topological polar surface area (TPSA) is 65.8 Å². The molecule has 0 radical (unpaired) electrons. The van der Waals surface area contributed by atoms with Crippen LogP contribution in [0.2, 0.25) is 15.1 Å². The van der Waals surface area contributed by atoms with Gasteiger partial charge < -0.3 is 5.32 Å². The smallest absolute Gasteiger partial charge is 0.329 e. The minimum atomic E-state index is -4.65. The number of benzene rings is 1. The minimum Gasteiger partial charge on any atom is -0.329 e. The summed E-state index contributed by atoms with van der Waals surface area (Å²) in [5.41, 5.74) is -3.22. The third kappa shape index (κ3) is 4.04. The van der Waals surface area contributed by atoms with Gasteiger partial charge >= 0.3 is 6.18 Å². The molecule has 2 rings (SSSR count). The lowest BCUT2D eigenvalue weighted by atomic mass is 9.97. The number of pyridine rings is 1. The molecule has 0 saturated heterocycles. The zero-order chi connectivity index (χ0) is 19.7. The first-order valence-corrected chi connectivity index (χ1v) is 8.04. The number of carbonyl (C=O) groups is 1. The molecule has 2 aromatic rings. The van der Waals surface area contributed by atoms with Crippen molar-refractivity contribution in [1.29, 1.82) is 5.26 Å². The van der Waals surface area contributed by atoms with Crippen molar-refractivity contribution in [2.24, 2.45) is 0 Å². The molecule has 1 heterocycles. The third-order valence-electron chi connectivity index (χ3n) is 3.42. The van der Waals surface area contributed by atoms with Crippen LogP contribution >= 0.6 is 34.8 Å². The molecule has 1 aromatic heterocycles. The summed E-state index contributed by atoms with van der Waals surface area (Å²) in [7, 11) is 0. The quantitative estimate of drug-likeness (QED) is 0.736. The van der Waals surface area contributed by atoms with Crippen LogP contribution in [0.1, 0.15) is 28.5 Å². The van der Waals surface area contributed by atoms with Crippen molar-refractivity contribution in [2.75, 3.05) is 0 Å². The van der Waals surface area contributed by atoms with Crippen LogP contribution in [0.25, 0.3) is 0 Å². The summed E-state index contributed by atoms with van der Waals surface area (Å²) in [6.07, 6.45) is -4.11. The fraction of sp³-hybridized carbons (Fsp3) is 0.188. The van der Waals surface area contributed by atoms with E-state index >= 15 is 0 Å². The summed E-state index contributed by atoms with van der Waals surface area (Å²) in [5.74, 6) is -0.803. The van der Waals surface area contributed by atoms with Gasteiger partial charge in [-0.15, -0.1) is 0 Å². The number of amides is 1. The lowest BCUT2D eigenvalue weighted by molar-refractivity contribution is -0.137. The maximum absolute atomic E-state index is 12.7. The van der Waals surface area contributed by atoms with Crippen LogP contribution in [0.5, 0.6) is 0 Å². The number of aromatic nitrogens is 1. The van der Waals surface area contributed by atoms with Gasteiger partial charge in [0.1, 0.15) is 0 Å².